The predicted octanol–water partition coefficient (Wildman–Crippen LogP) is 4.78. The topological polar surface area (TPSA) is 49.0 Å². The van der Waals surface area contributed by atoms with E-state index in [1.165, 1.54) is 17.0 Å². The standard InChI is InChI=1S/C22H26FN3O/c1-6-11-26-15(2)12-19(17(26)4)13-20(14-24)22(27)25(5)16(3)18-7-9-21(23)10-8-18/h7-10,12-13,16H,6,11H2,1-5H3/b20-13+. The molecular formula is C22H26FN3O. The summed E-state index contributed by atoms with van der Waals surface area (Å²) in [5.41, 5.74) is 3.94. The molecule has 2 aromatic rings. The molecule has 142 valence electrons. The maximum atomic E-state index is 13.1. The van der Waals surface area contributed by atoms with Gasteiger partial charge in [0.2, 0.25) is 0 Å². The van der Waals surface area contributed by atoms with Crippen LogP contribution in [0.1, 0.15) is 48.8 Å². The van der Waals surface area contributed by atoms with E-state index in [2.05, 4.69) is 11.5 Å². The Bertz CT molecular complexity index is 888. The third kappa shape index (κ3) is 4.46. The number of aromatic nitrogens is 1. The van der Waals surface area contributed by atoms with E-state index in [1.54, 1.807) is 25.3 Å². The summed E-state index contributed by atoms with van der Waals surface area (Å²) >= 11 is 0. The van der Waals surface area contributed by atoms with E-state index >= 15 is 0 Å². The van der Waals surface area contributed by atoms with Crippen molar-refractivity contribution in [3.05, 3.63) is 64.2 Å². The molecule has 4 nitrogen and oxygen atoms in total. The van der Waals surface area contributed by atoms with Crippen LogP contribution >= 0.6 is 0 Å². The molecule has 1 amide bonds. The molecule has 0 N–H and O–H groups in total. The van der Waals surface area contributed by atoms with Crippen LogP contribution < -0.4 is 0 Å². The molecule has 0 saturated heterocycles. The van der Waals surface area contributed by atoms with Gasteiger partial charge in [0.25, 0.3) is 5.91 Å². The second kappa shape index (κ2) is 8.68. The van der Waals surface area contributed by atoms with Gasteiger partial charge < -0.3 is 9.47 Å². The highest BCUT2D eigenvalue weighted by Gasteiger charge is 2.21. The van der Waals surface area contributed by atoms with Gasteiger partial charge in [-0.15, -0.1) is 0 Å². The lowest BCUT2D eigenvalue weighted by Crippen LogP contribution is -2.30. The Morgan fingerprint density at radius 1 is 1.33 bits per heavy atom. The quantitative estimate of drug-likeness (QED) is 0.545. The van der Waals surface area contributed by atoms with E-state index in [4.69, 9.17) is 0 Å². The van der Waals surface area contributed by atoms with Gasteiger partial charge in [0.05, 0.1) is 6.04 Å². The first-order chi connectivity index (χ1) is 12.8. The van der Waals surface area contributed by atoms with Crippen LogP contribution in [-0.4, -0.2) is 22.4 Å². The zero-order valence-electron chi connectivity index (χ0n) is 16.6. The van der Waals surface area contributed by atoms with Gasteiger partial charge in [0, 0.05) is 25.0 Å². The molecular weight excluding hydrogens is 341 g/mol. The van der Waals surface area contributed by atoms with E-state index < -0.39 is 0 Å². The summed E-state index contributed by atoms with van der Waals surface area (Å²) in [7, 11) is 1.65. The molecule has 0 radical (unpaired) electrons. The Labute approximate surface area is 160 Å². The highest BCUT2D eigenvalue weighted by Crippen LogP contribution is 2.23. The van der Waals surface area contributed by atoms with Crippen molar-refractivity contribution >= 4 is 12.0 Å². The number of amides is 1. The third-order valence-electron chi connectivity index (χ3n) is 4.96. The van der Waals surface area contributed by atoms with Crippen molar-refractivity contribution in [2.75, 3.05) is 7.05 Å². The zero-order valence-corrected chi connectivity index (χ0v) is 16.6. The maximum absolute atomic E-state index is 13.1. The number of carbonyl (C=O) groups is 1. The number of aryl methyl sites for hydroxylation is 1. The lowest BCUT2D eigenvalue weighted by atomic mass is 10.1. The van der Waals surface area contributed by atoms with E-state index in [9.17, 15) is 14.4 Å². The average molecular weight is 367 g/mol. The Balaban J connectivity index is 2.30. The molecule has 0 bridgehead atoms. The number of halogens is 1. The first-order valence-electron chi connectivity index (χ1n) is 9.11. The third-order valence-corrected chi connectivity index (χ3v) is 4.96. The van der Waals surface area contributed by atoms with Gasteiger partial charge in [-0.05, 0) is 62.6 Å². The second-order valence-electron chi connectivity index (χ2n) is 6.79. The molecule has 1 heterocycles. The van der Waals surface area contributed by atoms with Crippen LogP contribution in [0, 0.1) is 31.0 Å². The molecule has 1 unspecified atom stereocenters. The number of carbonyl (C=O) groups excluding carboxylic acids is 1. The van der Waals surface area contributed by atoms with Gasteiger partial charge in [-0.2, -0.15) is 5.26 Å². The molecule has 1 aromatic heterocycles. The Morgan fingerprint density at radius 2 is 1.96 bits per heavy atom. The molecule has 27 heavy (non-hydrogen) atoms. The maximum Gasteiger partial charge on any atom is 0.264 e. The molecule has 0 fully saturated rings. The lowest BCUT2D eigenvalue weighted by molar-refractivity contribution is -0.127. The molecule has 0 aliphatic carbocycles. The zero-order chi connectivity index (χ0) is 20.1. The number of rotatable bonds is 6. The highest BCUT2D eigenvalue weighted by atomic mass is 19.1. The molecule has 5 heteroatoms. The van der Waals surface area contributed by atoms with E-state index in [-0.39, 0.29) is 23.3 Å². The molecule has 0 spiro atoms. The fourth-order valence-electron chi connectivity index (χ4n) is 3.17. The second-order valence-corrected chi connectivity index (χ2v) is 6.79. The van der Waals surface area contributed by atoms with Crippen LogP contribution in [0.15, 0.2) is 35.9 Å². The van der Waals surface area contributed by atoms with E-state index in [0.29, 0.717) is 0 Å². The smallest absolute Gasteiger partial charge is 0.264 e. The summed E-state index contributed by atoms with van der Waals surface area (Å²) in [6.07, 6.45) is 2.67. The number of hydrogen-bond acceptors (Lipinski definition) is 2. The minimum absolute atomic E-state index is 0.0863. The van der Waals surface area contributed by atoms with Crippen LogP contribution in [0.5, 0.6) is 0 Å². The summed E-state index contributed by atoms with van der Waals surface area (Å²) in [5, 5.41) is 9.54. The summed E-state index contributed by atoms with van der Waals surface area (Å²) in [4.78, 5) is 14.4. The van der Waals surface area contributed by atoms with Gasteiger partial charge in [-0.1, -0.05) is 19.1 Å². The summed E-state index contributed by atoms with van der Waals surface area (Å²) < 4.78 is 15.3. The number of likely N-dealkylation sites (N-methyl/N-ethyl adjacent to an activating group) is 1. The summed E-state index contributed by atoms with van der Waals surface area (Å²) in [6.45, 7) is 8.90. The minimum Gasteiger partial charge on any atom is -0.349 e. The van der Waals surface area contributed by atoms with Crippen LogP contribution in [0.2, 0.25) is 0 Å². The first kappa shape index (κ1) is 20.4. The molecule has 1 atom stereocenters. The Kier molecular flexibility index (Phi) is 6.57. The van der Waals surface area contributed by atoms with Crippen molar-refractivity contribution in [2.45, 2.75) is 46.7 Å². The van der Waals surface area contributed by atoms with Gasteiger partial charge in [0.15, 0.2) is 0 Å². The van der Waals surface area contributed by atoms with Crippen molar-refractivity contribution < 1.29 is 9.18 Å². The Hall–Kier alpha value is -2.87. The monoisotopic (exact) mass is 367 g/mol. The van der Waals surface area contributed by atoms with Crippen molar-refractivity contribution in [3.63, 3.8) is 0 Å². The van der Waals surface area contributed by atoms with Gasteiger partial charge in [-0.25, -0.2) is 4.39 Å². The minimum atomic E-state index is -0.352. The first-order valence-corrected chi connectivity index (χ1v) is 9.11. The van der Waals surface area contributed by atoms with Crippen LogP contribution in [0.25, 0.3) is 6.08 Å². The van der Waals surface area contributed by atoms with Gasteiger partial charge in [-0.3, -0.25) is 4.79 Å². The number of hydrogen-bond donors (Lipinski definition) is 0. The summed E-state index contributed by atoms with van der Waals surface area (Å²) in [5.74, 6) is -0.672. The van der Waals surface area contributed by atoms with Crippen LogP contribution in [-0.2, 0) is 11.3 Å². The molecule has 0 aliphatic heterocycles. The molecule has 1 aromatic carbocycles. The SMILES string of the molecule is CCCn1c(C)cc(/C=C(\C#N)C(=O)N(C)C(C)c2ccc(F)cc2)c1C. The predicted molar refractivity (Wildman–Crippen MR) is 105 cm³/mol. The van der Waals surface area contributed by atoms with E-state index in [0.717, 1.165) is 35.5 Å². The van der Waals surface area contributed by atoms with Gasteiger partial charge >= 0.3 is 0 Å². The van der Waals surface area contributed by atoms with Crippen molar-refractivity contribution in [1.82, 2.24) is 9.47 Å². The lowest BCUT2D eigenvalue weighted by Gasteiger charge is -2.25. The number of benzene rings is 1. The molecule has 0 saturated carbocycles. The summed E-state index contributed by atoms with van der Waals surface area (Å²) in [6, 6.07) is 9.80. The van der Waals surface area contributed by atoms with Gasteiger partial charge in [0.1, 0.15) is 17.5 Å². The van der Waals surface area contributed by atoms with E-state index in [1.807, 2.05) is 32.9 Å². The van der Waals surface area contributed by atoms with Crippen LogP contribution in [0.4, 0.5) is 4.39 Å². The Morgan fingerprint density at radius 3 is 2.52 bits per heavy atom. The molecule has 2 rings (SSSR count). The van der Waals surface area contributed by atoms with Crippen molar-refractivity contribution in [3.8, 4) is 6.07 Å². The van der Waals surface area contributed by atoms with Crippen LogP contribution in [0.3, 0.4) is 0 Å². The normalized spacial score (nSPS) is 12.6. The largest absolute Gasteiger partial charge is 0.349 e. The van der Waals surface area contributed by atoms with Crippen molar-refractivity contribution in [2.24, 2.45) is 0 Å². The fourth-order valence-corrected chi connectivity index (χ4v) is 3.17. The fraction of sp³-hybridized carbons (Fsp3) is 0.364. The molecule has 0 aliphatic rings. The number of nitrogens with zero attached hydrogens (tertiary/aromatic N) is 3. The number of nitriles is 1. The highest BCUT2D eigenvalue weighted by molar-refractivity contribution is 6.01. The average Bonchev–Trinajstić information content (AvgIpc) is 2.92. The van der Waals surface area contributed by atoms with Crippen molar-refractivity contribution in [1.29, 1.82) is 5.26 Å².